The van der Waals surface area contributed by atoms with Crippen LogP contribution in [-0.2, 0) is 9.53 Å². The molecule has 0 aromatic rings. The average Bonchev–Trinajstić information content (AvgIpc) is 2.53. The number of rotatable bonds is 7. The van der Waals surface area contributed by atoms with Crippen LogP contribution in [0.15, 0.2) is 0 Å². The number of piperidine rings is 1. The molecule has 134 valence electrons. The van der Waals surface area contributed by atoms with Crippen LogP contribution in [0.25, 0.3) is 0 Å². The predicted octanol–water partition coefficient (Wildman–Crippen LogP) is 1.79. The first-order valence-corrected chi connectivity index (χ1v) is 9.35. The number of nitrogens with one attached hydrogen (secondary N) is 1. The Morgan fingerprint density at radius 3 is 2.83 bits per heavy atom. The van der Waals surface area contributed by atoms with E-state index >= 15 is 0 Å². The van der Waals surface area contributed by atoms with E-state index in [4.69, 9.17) is 4.74 Å². The Hall–Kier alpha value is -0.650. The second-order valence-electron chi connectivity index (χ2n) is 7.40. The van der Waals surface area contributed by atoms with Gasteiger partial charge in [-0.3, -0.25) is 9.69 Å². The predicted molar refractivity (Wildman–Crippen MR) is 91.2 cm³/mol. The minimum atomic E-state index is -0.285. The first-order valence-electron chi connectivity index (χ1n) is 9.35. The van der Waals surface area contributed by atoms with Crippen molar-refractivity contribution in [2.45, 2.75) is 64.6 Å². The third kappa shape index (κ3) is 6.40. The number of hydrogen-bond acceptors (Lipinski definition) is 4. The standard InChI is InChI=1S/C18H34N2O3/c1-14-6-3-4-8-17(14)23-11-9-19-18(22)13-20-10-5-7-16(12-20)15(2)21/h14-17,21H,3-13H2,1-2H3,(H,19,22). The van der Waals surface area contributed by atoms with Crippen LogP contribution >= 0.6 is 0 Å². The summed E-state index contributed by atoms with van der Waals surface area (Å²) in [4.78, 5) is 14.2. The molecular weight excluding hydrogens is 292 g/mol. The van der Waals surface area contributed by atoms with Gasteiger partial charge in [0.15, 0.2) is 0 Å². The lowest BCUT2D eigenvalue weighted by atomic mass is 9.88. The molecule has 23 heavy (non-hydrogen) atoms. The van der Waals surface area contributed by atoms with Crippen molar-refractivity contribution in [1.82, 2.24) is 10.2 Å². The minimum absolute atomic E-state index is 0.0662. The quantitative estimate of drug-likeness (QED) is 0.700. The molecule has 0 spiro atoms. The van der Waals surface area contributed by atoms with Gasteiger partial charge < -0.3 is 15.2 Å². The van der Waals surface area contributed by atoms with Crippen LogP contribution in [0, 0.1) is 11.8 Å². The summed E-state index contributed by atoms with van der Waals surface area (Å²) in [6, 6.07) is 0. The fraction of sp³-hybridized carbons (Fsp3) is 0.944. The Bertz CT molecular complexity index is 362. The van der Waals surface area contributed by atoms with Crippen molar-refractivity contribution < 1.29 is 14.6 Å². The molecule has 1 amide bonds. The van der Waals surface area contributed by atoms with Crippen molar-refractivity contribution in [2.75, 3.05) is 32.8 Å². The SMILES string of the molecule is CC(O)C1CCCN(CC(=O)NCCOC2CCCCC2C)C1. The van der Waals surface area contributed by atoms with Crippen LogP contribution in [0.2, 0.25) is 0 Å². The molecule has 0 bridgehead atoms. The summed E-state index contributed by atoms with van der Waals surface area (Å²) < 4.78 is 5.92. The van der Waals surface area contributed by atoms with Gasteiger partial charge in [0, 0.05) is 13.1 Å². The van der Waals surface area contributed by atoms with E-state index in [1.54, 1.807) is 0 Å². The van der Waals surface area contributed by atoms with Gasteiger partial charge in [-0.1, -0.05) is 19.8 Å². The smallest absolute Gasteiger partial charge is 0.234 e. The van der Waals surface area contributed by atoms with E-state index in [9.17, 15) is 9.90 Å². The molecule has 2 N–H and O–H groups in total. The van der Waals surface area contributed by atoms with Gasteiger partial charge in [0.25, 0.3) is 0 Å². The molecule has 4 atom stereocenters. The number of likely N-dealkylation sites (tertiary alicyclic amines) is 1. The van der Waals surface area contributed by atoms with Crippen LogP contribution in [0.3, 0.4) is 0 Å². The van der Waals surface area contributed by atoms with Gasteiger partial charge in [-0.05, 0) is 51.0 Å². The third-order valence-corrected chi connectivity index (χ3v) is 5.38. The minimum Gasteiger partial charge on any atom is -0.393 e. The van der Waals surface area contributed by atoms with Crippen LogP contribution in [-0.4, -0.2) is 60.9 Å². The lowest BCUT2D eigenvalue weighted by Gasteiger charge is -2.33. The van der Waals surface area contributed by atoms with Gasteiger partial charge in [-0.25, -0.2) is 0 Å². The zero-order valence-corrected chi connectivity index (χ0v) is 14.8. The van der Waals surface area contributed by atoms with Crippen molar-refractivity contribution in [1.29, 1.82) is 0 Å². The summed E-state index contributed by atoms with van der Waals surface area (Å²) in [5, 5.41) is 12.7. The van der Waals surface area contributed by atoms with Gasteiger partial charge >= 0.3 is 0 Å². The number of carbonyl (C=O) groups is 1. The number of nitrogens with zero attached hydrogens (tertiary/aromatic N) is 1. The highest BCUT2D eigenvalue weighted by Gasteiger charge is 2.25. The summed E-state index contributed by atoms with van der Waals surface area (Å²) >= 11 is 0. The van der Waals surface area contributed by atoms with Crippen molar-refractivity contribution in [2.24, 2.45) is 11.8 Å². The Labute approximate surface area is 140 Å². The molecule has 2 fully saturated rings. The van der Waals surface area contributed by atoms with Crippen molar-refractivity contribution in [3.05, 3.63) is 0 Å². The van der Waals surface area contributed by atoms with E-state index in [1.807, 2.05) is 6.92 Å². The van der Waals surface area contributed by atoms with Gasteiger partial charge in [-0.2, -0.15) is 0 Å². The normalized spacial score (nSPS) is 30.8. The topological polar surface area (TPSA) is 61.8 Å². The number of ether oxygens (including phenoxy) is 1. The Morgan fingerprint density at radius 2 is 2.09 bits per heavy atom. The number of amides is 1. The van der Waals surface area contributed by atoms with Crippen LogP contribution in [0.1, 0.15) is 52.4 Å². The lowest BCUT2D eigenvalue weighted by Crippen LogP contribution is -2.45. The first-order chi connectivity index (χ1) is 11.1. The highest BCUT2D eigenvalue weighted by Crippen LogP contribution is 2.26. The molecule has 1 aliphatic heterocycles. The fourth-order valence-electron chi connectivity index (χ4n) is 3.82. The maximum atomic E-state index is 12.0. The largest absolute Gasteiger partial charge is 0.393 e. The Balaban J connectivity index is 1.58. The molecule has 4 unspecified atom stereocenters. The van der Waals surface area contributed by atoms with Gasteiger partial charge in [-0.15, -0.1) is 0 Å². The third-order valence-electron chi connectivity index (χ3n) is 5.38. The molecule has 0 aromatic carbocycles. The van der Waals surface area contributed by atoms with Crippen molar-refractivity contribution >= 4 is 5.91 Å². The Morgan fingerprint density at radius 1 is 1.30 bits per heavy atom. The molecule has 1 heterocycles. The fourth-order valence-corrected chi connectivity index (χ4v) is 3.82. The number of aliphatic hydroxyl groups excluding tert-OH is 1. The van der Waals surface area contributed by atoms with E-state index < -0.39 is 0 Å². The second-order valence-corrected chi connectivity index (χ2v) is 7.40. The van der Waals surface area contributed by atoms with Crippen LogP contribution in [0.5, 0.6) is 0 Å². The number of aliphatic hydroxyl groups is 1. The van der Waals surface area contributed by atoms with E-state index in [-0.39, 0.29) is 12.0 Å². The molecule has 1 aliphatic carbocycles. The zero-order chi connectivity index (χ0) is 16.7. The van der Waals surface area contributed by atoms with E-state index in [0.717, 1.165) is 32.4 Å². The van der Waals surface area contributed by atoms with Crippen molar-refractivity contribution in [3.63, 3.8) is 0 Å². The molecule has 0 radical (unpaired) electrons. The first kappa shape index (κ1) is 18.7. The number of hydrogen-bond donors (Lipinski definition) is 2. The van der Waals surface area contributed by atoms with Gasteiger partial charge in [0.2, 0.25) is 5.91 Å². The van der Waals surface area contributed by atoms with Crippen molar-refractivity contribution in [3.8, 4) is 0 Å². The number of carbonyl (C=O) groups excluding carboxylic acids is 1. The highest BCUT2D eigenvalue weighted by molar-refractivity contribution is 5.77. The molecule has 5 heteroatoms. The van der Waals surface area contributed by atoms with E-state index in [1.165, 1.54) is 19.3 Å². The summed E-state index contributed by atoms with van der Waals surface area (Å²) in [5.74, 6) is 1.01. The summed E-state index contributed by atoms with van der Waals surface area (Å²) in [7, 11) is 0. The van der Waals surface area contributed by atoms with Gasteiger partial charge in [0.05, 0.1) is 25.4 Å². The monoisotopic (exact) mass is 326 g/mol. The molecule has 1 saturated carbocycles. The molecule has 2 rings (SSSR count). The Kier molecular flexibility index (Phi) is 7.80. The van der Waals surface area contributed by atoms with Crippen LogP contribution in [0.4, 0.5) is 0 Å². The van der Waals surface area contributed by atoms with E-state index in [2.05, 4.69) is 17.1 Å². The molecule has 1 saturated heterocycles. The van der Waals surface area contributed by atoms with E-state index in [0.29, 0.717) is 37.6 Å². The molecule has 0 aromatic heterocycles. The molecule has 2 aliphatic rings. The lowest BCUT2D eigenvalue weighted by molar-refractivity contribution is -0.123. The molecular formula is C18H34N2O3. The van der Waals surface area contributed by atoms with Gasteiger partial charge in [0.1, 0.15) is 0 Å². The van der Waals surface area contributed by atoms with Crippen LogP contribution < -0.4 is 5.32 Å². The maximum absolute atomic E-state index is 12.0. The second kappa shape index (κ2) is 9.60. The summed E-state index contributed by atoms with van der Waals surface area (Å²) in [6.07, 6.45) is 7.21. The summed E-state index contributed by atoms with van der Waals surface area (Å²) in [5.41, 5.74) is 0. The highest BCUT2D eigenvalue weighted by atomic mass is 16.5. The average molecular weight is 326 g/mol. The zero-order valence-electron chi connectivity index (χ0n) is 14.8. The summed E-state index contributed by atoms with van der Waals surface area (Å²) in [6.45, 7) is 7.51. The molecule has 5 nitrogen and oxygen atoms in total. The maximum Gasteiger partial charge on any atom is 0.234 e.